The first kappa shape index (κ1) is 19.3. The smallest absolute Gasteiger partial charge is 0.262 e. The van der Waals surface area contributed by atoms with Crippen molar-refractivity contribution >= 4 is 23.2 Å². The molecule has 2 aromatic carbocycles. The number of halogens is 1. The Bertz CT molecular complexity index is 701. The van der Waals surface area contributed by atoms with Crippen molar-refractivity contribution in [2.75, 3.05) is 11.9 Å². The number of aryl methyl sites for hydroxylation is 1. The molecule has 0 saturated carbocycles. The number of rotatable bonds is 8. The van der Waals surface area contributed by atoms with Crippen molar-refractivity contribution in [2.24, 2.45) is 0 Å². The van der Waals surface area contributed by atoms with Crippen LogP contribution in [-0.4, -0.2) is 18.6 Å². The van der Waals surface area contributed by atoms with Crippen molar-refractivity contribution in [1.29, 1.82) is 0 Å². The normalized spacial score (nSPS) is 11.8. The van der Waals surface area contributed by atoms with Gasteiger partial charge in [0.15, 0.2) is 6.61 Å². The Hall–Kier alpha value is -2.04. The van der Waals surface area contributed by atoms with Crippen molar-refractivity contribution in [3.05, 3.63) is 58.6 Å². The van der Waals surface area contributed by atoms with Crippen LogP contribution in [0.5, 0.6) is 5.75 Å². The number of nitrogens with one attached hydrogen (secondary N) is 2. The Morgan fingerprint density at radius 2 is 1.92 bits per heavy atom. The van der Waals surface area contributed by atoms with Gasteiger partial charge >= 0.3 is 0 Å². The number of hydrogen-bond donors (Lipinski definition) is 2. The lowest BCUT2D eigenvalue weighted by atomic mass is 10.1. The third kappa shape index (κ3) is 6.40. The molecule has 134 valence electrons. The Labute approximate surface area is 154 Å². The number of ether oxygens (including phenoxy) is 1. The van der Waals surface area contributed by atoms with Crippen molar-refractivity contribution in [3.8, 4) is 5.75 Å². The van der Waals surface area contributed by atoms with Crippen LogP contribution in [0, 0.1) is 6.92 Å². The summed E-state index contributed by atoms with van der Waals surface area (Å²) in [5.41, 5.74) is 2.85. The summed E-state index contributed by atoms with van der Waals surface area (Å²) in [4.78, 5) is 12.1. The third-order valence-corrected chi connectivity index (χ3v) is 4.21. The molecule has 0 aliphatic carbocycles. The molecule has 0 saturated heterocycles. The summed E-state index contributed by atoms with van der Waals surface area (Å²) in [5, 5.41) is 6.88. The maximum atomic E-state index is 12.1. The van der Waals surface area contributed by atoms with Crippen LogP contribution >= 0.6 is 11.6 Å². The topological polar surface area (TPSA) is 50.4 Å². The van der Waals surface area contributed by atoms with E-state index in [1.807, 2.05) is 37.3 Å². The van der Waals surface area contributed by atoms with Crippen LogP contribution in [0.2, 0.25) is 5.02 Å². The van der Waals surface area contributed by atoms with Crippen LogP contribution in [0.1, 0.15) is 31.4 Å². The van der Waals surface area contributed by atoms with E-state index >= 15 is 0 Å². The quantitative estimate of drug-likeness (QED) is 0.725. The average molecular weight is 361 g/mol. The lowest BCUT2D eigenvalue weighted by Crippen LogP contribution is -2.25. The van der Waals surface area contributed by atoms with Gasteiger partial charge in [-0.2, -0.15) is 0 Å². The van der Waals surface area contributed by atoms with Crippen molar-refractivity contribution in [2.45, 2.75) is 39.8 Å². The van der Waals surface area contributed by atoms with Gasteiger partial charge in [-0.05, 0) is 50.6 Å². The van der Waals surface area contributed by atoms with E-state index in [9.17, 15) is 4.79 Å². The SMILES string of the molecule is CCC(C)NCc1cc(Cl)ccc1OCC(=O)Nc1ccc(C)cc1. The Kier molecular flexibility index (Phi) is 7.29. The molecule has 0 fully saturated rings. The molecular formula is C20H25ClN2O2. The molecule has 0 spiro atoms. The first-order chi connectivity index (χ1) is 12.0. The monoisotopic (exact) mass is 360 g/mol. The molecule has 0 bridgehead atoms. The van der Waals surface area contributed by atoms with Crippen LogP contribution in [0.4, 0.5) is 5.69 Å². The molecular weight excluding hydrogens is 336 g/mol. The zero-order valence-electron chi connectivity index (χ0n) is 14.9. The molecule has 1 unspecified atom stereocenters. The van der Waals surface area contributed by atoms with Crippen molar-refractivity contribution < 1.29 is 9.53 Å². The first-order valence-electron chi connectivity index (χ1n) is 8.49. The molecule has 0 aliphatic rings. The van der Waals surface area contributed by atoms with Crippen molar-refractivity contribution in [1.82, 2.24) is 5.32 Å². The zero-order valence-corrected chi connectivity index (χ0v) is 15.7. The van der Waals surface area contributed by atoms with Gasteiger partial charge in [0.25, 0.3) is 5.91 Å². The minimum atomic E-state index is -0.195. The molecule has 2 N–H and O–H groups in total. The van der Waals surface area contributed by atoms with Crippen LogP contribution in [0.3, 0.4) is 0 Å². The van der Waals surface area contributed by atoms with E-state index in [0.29, 0.717) is 23.4 Å². The maximum absolute atomic E-state index is 12.1. The highest BCUT2D eigenvalue weighted by Crippen LogP contribution is 2.23. The van der Waals surface area contributed by atoms with Gasteiger partial charge in [-0.1, -0.05) is 36.2 Å². The van der Waals surface area contributed by atoms with E-state index in [1.165, 1.54) is 0 Å². The lowest BCUT2D eigenvalue weighted by molar-refractivity contribution is -0.118. The fourth-order valence-corrected chi connectivity index (χ4v) is 2.43. The molecule has 5 heteroatoms. The highest BCUT2D eigenvalue weighted by atomic mass is 35.5. The average Bonchev–Trinajstić information content (AvgIpc) is 2.60. The summed E-state index contributed by atoms with van der Waals surface area (Å²) in [6.07, 6.45) is 1.04. The molecule has 0 aromatic heterocycles. The minimum Gasteiger partial charge on any atom is -0.483 e. The highest BCUT2D eigenvalue weighted by Gasteiger charge is 2.09. The van der Waals surface area contributed by atoms with E-state index in [0.717, 1.165) is 23.2 Å². The molecule has 1 amide bonds. The minimum absolute atomic E-state index is 0.0498. The van der Waals surface area contributed by atoms with Crippen LogP contribution in [0.15, 0.2) is 42.5 Å². The molecule has 25 heavy (non-hydrogen) atoms. The lowest BCUT2D eigenvalue weighted by Gasteiger charge is -2.15. The molecule has 2 aromatic rings. The van der Waals surface area contributed by atoms with E-state index in [4.69, 9.17) is 16.3 Å². The van der Waals surface area contributed by atoms with Gasteiger partial charge in [0.1, 0.15) is 5.75 Å². The van der Waals surface area contributed by atoms with E-state index in [2.05, 4.69) is 24.5 Å². The first-order valence-corrected chi connectivity index (χ1v) is 8.87. The summed E-state index contributed by atoms with van der Waals surface area (Å²) in [7, 11) is 0. The fourth-order valence-electron chi connectivity index (χ4n) is 2.23. The second kappa shape index (κ2) is 9.44. The summed E-state index contributed by atoms with van der Waals surface area (Å²) in [5.74, 6) is 0.471. The number of hydrogen-bond acceptors (Lipinski definition) is 3. The molecule has 2 rings (SSSR count). The molecule has 0 radical (unpaired) electrons. The van der Waals surface area contributed by atoms with Gasteiger partial charge in [0.05, 0.1) is 0 Å². The van der Waals surface area contributed by atoms with Gasteiger partial charge < -0.3 is 15.4 Å². The van der Waals surface area contributed by atoms with E-state index in [-0.39, 0.29) is 12.5 Å². The van der Waals surface area contributed by atoms with Crippen LogP contribution < -0.4 is 15.4 Å². The summed E-state index contributed by atoms with van der Waals surface area (Å²) >= 11 is 6.09. The number of anilines is 1. The standard InChI is InChI=1S/C20H25ClN2O2/c1-4-15(3)22-12-16-11-17(21)7-10-19(16)25-13-20(24)23-18-8-5-14(2)6-9-18/h5-11,15,22H,4,12-13H2,1-3H3,(H,23,24). The summed E-state index contributed by atoms with van der Waals surface area (Å²) < 4.78 is 5.71. The highest BCUT2D eigenvalue weighted by molar-refractivity contribution is 6.30. The van der Waals surface area contributed by atoms with Crippen LogP contribution in [0.25, 0.3) is 0 Å². The second-order valence-electron chi connectivity index (χ2n) is 6.15. The van der Waals surface area contributed by atoms with Crippen LogP contribution in [-0.2, 0) is 11.3 Å². The molecule has 0 aliphatic heterocycles. The Morgan fingerprint density at radius 3 is 2.60 bits per heavy atom. The predicted molar refractivity (Wildman–Crippen MR) is 103 cm³/mol. The number of carbonyl (C=O) groups excluding carboxylic acids is 1. The zero-order chi connectivity index (χ0) is 18.2. The maximum Gasteiger partial charge on any atom is 0.262 e. The van der Waals surface area contributed by atoms with Gasteiger partial charge in [-0.3, -0.25) is 4.79 Å². The van der Waals surface area contributed by atoms with E-state index in [1.54, 1.807) is 12.1 Å². The van der Waals surface area contributed by atoms with Gasteiger partial charge in [-0.25, -0.2) is 0 Å². The number of amides is 1. The molecule has 1 atom stereocenters. The number of benzene rings is 2. The predicted octanol–water partition coefficient (Wildman–Crippen LogP) is 4.55. The Balaban J connectivity index is 1.94. The molecule has 0 heterocycles. The van der Waals surface area contributed by atoms with Gasteiger partial charge in [-0.15, -0.1) is 0 Å². The summed E-state index contributed by atoms with van der Waals surface area (Å²) in [6, 6.07) is 13.5. The second-order valence-corrected chi connectivity index (χ2v) is 6.58. The third-order valence-electron chi connectivity index (χ3n) is 3.97. The largest absolute Gasteiger partial charge is 0.483 e. The van der Waals surface area contributed by atoms with Gasteiger partial charge in [0, 0.05) is 28.9 Å². The fraction of sp³-hybridized carbons (Fsp3) is 0.350. The molecule has 4 nitrogen and oxygen atoms in total. The number of carbonyl (C=O) groups is 1. The van der Waals surface area contributed by atoms with Gasteiger partial charge in [0.2, 0.25) is 0 Å². The summed E-state index contributed by atoms with van der Waals surface area (Å²) in [6.45, 7) is 6.85. The van der Waals surface area contributed by atoms with E-state index < -0.39 is 0 Å². The van der Waals surface area contributed by atoms with Crippen molar-refractivity contribution in [3.63, 3.8) is 0 Å². The Morgan fingerprint density at radius 1 is 1.20 bits per heavy atom.